The molecule has 74 valence electrons. The van der Waals surface area contributed by atoms with E-state index >= 15 is 0 Å². The van der Waals surface area contributed by atoms with Crippen molar-refractivity contribution in [2.24, 2.45) is 5.73 Å². The number of hydrogen-bond acceptors (Lipinski definition) is 2. The second-order valence-corrected chi connectivity index (χ2v) is 11.0. The Labute approximate surface area is 77.2 Å². The molecule has 0 radical (unpaired) electrons. The zero-order valence-electron chi connectivity index (χ0n) is 9.02. The number of aliphatic hydroxyl groups is 1. The summed E-state index contributed by atoms with van der Waals surface area (Å²) in [6.45, 7) is 11.6. The van der Waals surface area contributed by atoms with Crippen LogP contribution < -0.4 is 5.73 Å². The van der Waals surface area contributed by atoms with Crippen LogP contribution in [0.15, 0.2) is 0 Å². The SMILES string of the molecule is CC(C)(C)[Si](C)(C)C[C@H](N)CO. The van der Waals surface area contributed by atoms with E-state index < -0.39 is 8.07 Å². The van der Waals surface area contributed by atoms with Crippen LogP contribution >= 0.6 is 0 Å². The molecule has 0 amide bonds. The lowest BCUT2D eigenvalue weighted by atomic mass is 10.2. The lowest BCUT2D eigenvalue weighted by Crippen LogP contribution is -2.43. The molecule has 0 aliphatic heterocycles. The van der Waals surface area contributed by atoms with Crippen LogP contribution in [0.3, 0.4) is 0 Å². The van der Waals surface area contributed by atoms with Gasteiger partial charge < -0.3 is 10.8 Å². The standard InChI is InChI=1S/C9H23NOSi/c1-9(2,3)12(4,5)7-8(10)6-11/h8,11H,6-7,10H2,1-5H3/t8-/m1/s1. The van der Waals surface area contributed by atoms with Gasteiger partial charge in [-0.1, -0.05) is 33.9 Å². The highest BCUT2D eigenvalue weighted by atomic mass is 28.3. The minimum atomic E-state index is -1.27. The van der Waals surface area contributed by atoms with Crippen molar-refractivity contribution in [3.05, 3.63) is 0 Å². The van der Waals surface area contributed by atoms with Crippen molar-refractivity contribution in [2.45, 2.75) is 51.0 Å². The molecule has 0 bridgehead atoms. The maximum absolute atomic E-state index is 8.86. The van der Waals surface area contributed by atoms with Gasteiger partial charge in [-0.05, 0) is 11.1 Å². The number of nitrogens with two attached hydrogens (primary N) is 1. The first-order valence-electron chi connectivity index (χ1n) is 4.57. The largest absolute Gasteiger partial charge is 0.395 e. The van der Waals surface area contributed by atoms with Gasteiger partial charge in [0.2, 0.25) is 0 Å². The summed E-state index contributed by atoms with van der Waals surface area (Å²) in [4.78, 5) is 0. The molecule has 0 saturated carbocycles. The van der Waals surface area contributed by atoms with Crippen LogP contribution in [-0.4, -0.2) is 25.8 Å². The van der Waals surface area contributed by atoms with E-state index in [1.807, 2.05) is 0 Å². The summed E-state index contributed by atoms with van der Waals surface area (Å²) in [5.41, 5.74) is 5.74. The van der Waals surface area contributed by atoms with Crippen LogP contribution in [0.25, 0.3) is 0 Å². The molecule has 0 aliphatic rings. The van der Waals surface area contributed by atoms with Gasteiger partial charge in [0.05, 0.1) is 14.7 Å². The molecule has 0 heterocycles. The first-order valence-corrected chi connectivity index (χ1v) is 7.78. The first-order chi connectivity index (χ1) is 5.20. The van der Waals surface area contributed by atoms with Gasteiger partial charge in [0.15, 0.2) is 0 Å². The molecule has 3 heteroatoms. The highest BCUT2D eigenvalue weighted by Crippen LogP contribution is 2.38. The summed E-state index contributed by atoms with van der Waals surface area (Å²) in [5.74, 6) is 0. The molecule has 0 aliphatic carbocycles. The van der Waals surface area contributed by atoms with Gasteiger partial charge in [-0.2, -0.15) is 0 Å². The van der Waals surface area contributed by atoms with Crippen LogP contribution in [0.2, 0.25) is 24.2 Å². The van der Waals surface area contributed by atoms with E-state index in [1.54, 1.807) is 0 Å². The van der Waals surface area contributed by atoms with Crippen molar-refractivity contribution < 1.29 is 5.11 Å². The summed E-state index contributed by atoms with van der Waals surface area (Å²) in [6.07, 6.45) is 0. The molecule has 12 heavy (non-hydrogen) atoms. The molecule has 0 fully saturated rings. The highest BCUT2D eigenvalue weighted by molar-refractivity contribution is 6.80. The van der Waals surface area contributed by atoms with Gasteiger partial charge in [0.25, 0.3) is 0 Å². The molecule has 0 aromatic carbocycles. The summed E-state index contributed by atoms with van der Waals surface area (Å²) in [7, 11) is -1.27. The van der Waals surface area contributed by atoms with Crippen molar-refractivity contribution in [3.8, 4) is 0 Å². The van der Waals surface area contributed by atoms with Crippen molar-refractivity contribution in [1.29, 1.82) is 0 Å². The van der Waals surface area contributed by atoms with E-state index in [-0.39, 0.29) is 12.6 Å². The average molecular weight is 189 g/mol. The zero-order valence-corrected chi connectivity index (χ0v) is 10.0. The fourth-order valence-electron chi connectivity index (χ4n) is 1.03. The molecule has 0 saturated heterocycles. The summed E-state index contributed by atoms with van der Waals surface area (Å²) in [5, 5.41) is 9.24. The monoisotopic (exact) mass is 189 g/mol. The smallest absolute Gasteiger partial charge is 0.0579 e. The van der Waals surface area contributed by atoms with Gasteiger partial charge in [0, 0.05) is 6.04 Å². The molecule has 1 atom stereocenters. The van der Waals surface area contributed by atoms with Gasteiger partial charge in [-0.3, -0.25) is 0 Å². The molecule has 0 aromatic heterocycles. The van der Waals surface area contributed by atoms with Gasteiger partial charge in [-0.25, -0.2) is 0 Å². The van der Waals surface area contributed by atoms with Crippen LogP contribution in [-0.2, 0) is 0 Å². The lowest BCUT2D eigenvalue weighted by molar-refractivity contribution is 0.272. The van der Waals surface area contributed by atoms with Crippen LogP contribution in [0.5, 0.6) is 0 Å². The van der Waals surface area contributed by atoms with E-state index in [2.05, 4.69) is 33.9 Å². The zero-order chi connectivity index (χ0) is 9.99. The predicted molar refractivity (Wildman–Crippen MR) is 57.1 cm³/mol. The topological polar surface area (TPSA) is 46.2 Å². The molecule has 3 N–H and O–H groups in total. The average Bonchev–Trinajstić information content (AvgIpc) is 1.84. The van der Waals surface area contributed by atoms with E-state index in [9.17, 15) is 0 Å². The number of hydrogen-bond donors (Lipinski definition) is 2. The third-order valence-electron chi connectivity index (χ3n) is 3.04. The fraction of sp³-hybridized carbons (Fsp3) is 1.00. The van der Waals surface area contributed by atoms with Gasteiger partial charge >= 0.3 is 0 Å². The van der Waals surface area contributed by atoms with Gasteiger partial charge in [0.1, 0.15) is 0 Å². The Hall–Kier alpha value is 0.137. The summed E-state index contributed by atoms with van der Waals surface area (Å²) in [6, 6.07) is 0.985. The molecule has 0 spiro atoms. The Kier molecular flexibility index (Phi) is 3.94. The summed E-state index contributed by atoms with van der Waals surface area (Å²) >= 11 is 0. The fourth-order valence-corrected chi connectivity index (χ4v) is 3.08. The van der Waals surface area contributed by atoms with E-state index in [4.69, 9.17) is 10.8 Å². The third kappa shape index (κ3) is 3.25. The van der Waals surface area contributed by atoms with Crippen LogP contribution in [0, 0.1) is 0 Å². The van der Waals surface area contributed by atoms with Crippen molar-refractivity contribution >= 4 is 8.07 Å². The minimum absolute atomic E-state index is 0.0223. The minimum Gasteiger partial charge on any atom is -0.395 e. The summed E-state index contributed by atoms with van der Waals surface area (Å²) < 4.78 is 0. The molecule has 2 nitrogen and oxygen atoms in total. The molecule has 0 rings (SSSR count). The Balaban J connectivity index is 4.22. The van der Waals surface area contributed by atoms with Crippen molar-refractivity contribution in [2.75, 3.05) is 6.61 Å². The highest BCUT2D eigenvalue weighted by Gasteiger charge is 2.35. The molecular weight excluding hydrogens is 166 g/mol. The Bertz CT molecular complexity index is 140. The molecule has 0 aromatic rings. The maximum Gasteiger partial charge on any atom is 0.0579 e. The van der Waals surface area contributed by atoms with E-state index in [1.165, 1.54) is 0 Å². The Morgan fingerprint density at radius 1 is 1.33 bits per heavy atom. The second kappa shape index (κ2) is 3.90. The second-order valence-electron chi connectivity index (χ2n) is 5.28. The van der Waals surface area contributed by atoms with Crippen molar-refractivity contribution in [3.63, 3.8) is 0 Å². The van der Waals surface area contributed by atoms with E-state index in [0.29, 0.717) is 5.04 Å². The first kappa shape index (κ1) is 12.1. The lowest BCUT2D eigenvalue weighted by Gasteiger charge is -2.38. The Morgan fingerprint density at radius 3 is 2.00 bits per heavy atom. The third-order valence-corrected chi connectivity index (χ3v) is 8.64. The van der Waals surface area contributed by atoms with E-state index in [0.717, 1.165) is 6.04 Å². The number of aliphatic hydroxyl groups excluding tert-OH is 1. The molecule has 0 unspecified atom stereocenters. The normalized spacial score (nSPS) is 16.2. The van der Waals surface area contributed by atoms with Crippen LogP contribution in [0.1, 0.15) is 20.8 Å². The maximum atomic E-state index is 8.86. The van der Waals surface area contributed by atoms with Gasteiger partial charge in [-0.15, -0.1) is 0 Å². The Morgan fingerprint density at radius 2 is 1.75 bits per heavy atom. The predicted octanol–water partition coefficient (Wildman–Crippen LogP) is 1.81. The quantitative estimate of drug-likeness (QED) is 0.665. The number of rotatable bonds is 3. The van der Waals surface area contributed by atoms with Crippen molar-refractivity contribution in [1.82, 2.24) is 0 Å². The molecular formula is C9H23NOSi. The van der Waals surface area contributed by atoms with Crippen LogP contribution in [0.4, 0.5) is 0 Å².